The smallest absolute Gasteiger partial charge is 0.161 e. The van der Waals surface area contributed by atoms with Crippen molar-refractivity contribution in [2.75, 3.05) is 5.73 Å². The molecule has 0 bridgehead atoms. The molecule has 0 aliphatic heterocycles. The van der Waals surface area contributed by atoms with Crippen molar-refractivity contribution in [1.82, 2.24) is 9.38 Å². The summed E-state index contributed by atoms with van der Waals surface area (Å²) in [5.41, 5.74) is 10.1. The van der Waals surface area contributed by atoms with Crippen molar-refractivity contribution in [2.45, 2.75) is 6.92 Å². The molecule has 0 saturated heterocycles. The Morgan fingerprint density at radius 2 is 1.79 bits per heavy atom. The first kappa shape index (κ1) is 12.3. The van der Waals surface area contributed by atoms with Crippen LogP contribution in [0.25, 0.3) is 16.9 Å². The van der Waals surface area contributed by atoms with Gasteiger partial charge in [0, 0.05) is 22.5 Å². The molecule has 96 valence electrons. The van der Waals surface area contributed by atoms with Gasteiger partial charge in [0.1, 0.15) is 0 Å². The van der Waals surface area contributed by atoms with Gasteiger partial charge in [-0.15, -0.1) is 0 Å². The Morgan fingerprint density at radius 1 is 1.11 bits per heavy atom. The maximum Gasteiger partial charge on any atom is 0.161 e. The summed E-state index contributed by atoms with van der Waals surface area (Å²) >= 11 is 11.9. The lowest BCUT2D eigenvalue weighted by molar-refractivity contribution is 1.11. The van der Waals surface area contributed by atoms with E-state index in [1.54, 1.807) is 6.07 Å². The molecular weight excluding hydrogens is 281 g/mol. The Balaban J connectivity index is 2.28. The molecule has 0 fully saturated rings. The average Bonchev–Trinajstić information content (AvgIpc) is 2.69. The van der Waals surface area contributed by atoms with E-state index in [0.717, 1.165) is 17.0 Å². The third kappa shape index (κ3) is 2.05. The molecule has 1 aromatic carbocycles. The number of benzene rings is 1. The number of hydrogen-bond donors (Lipinski definition) is 1. The standard InChI is InChI=1S/C14H11Cl2N3/c1-8-13(9-2-4-10(15)5-3-9)18-14-12(17)6-11(16)7-19(8)14/h2-7H,17H2,1H3. The number of fused-ring (bicyclic) bond motifs is 1. The van der Waals surface area contributed by atoms with Gasteiger partial charge in [-0.2, -0.15) is 0 Å². The molecule has 2 heterocycles. The minimum atomic E-state index is 0.566. The molecule has 0 unspecified atom stereocenters. The molecule has 0 spiro atoms. The van der Waals surface area contributed by atoms with Gasteiger partial charge >= 0.3 is 0 Å². The van der Waals surface area contributed by atoms with Gasteiger partial charge in [-0.1, -0.05) is 35.3 Å². The predicted molar refractivity (Wildman–Crippen MR) is 79.8 cm³/mol. The van der Waals surface area contributed by atoms with E-state index < -0.39 is 0 Å². The lowest BCUT2D eigenvalue weighted by atomic mass is 10.1. The van der Waals surface area contributed by atoms with Crippen LogP contribution in [0.15, 0.2) is 36.5 Å². The average molecular weight is 292 g/mol. The summed E-state index contributed by atoms with van der Waals surface area (Å²) in [7, 11) is 0. The Bertz CT molecular complexity index is 760. The molecule has 0 atom stereocenters. The van der Waals surface area contributed by atoms with Gasteiger partial charge in [-0.25, -0.2) is 4.98 Å². The monoisotopic (exact) mass is 291 g/mol. The largest absolute Gasteiger partial charge is 0.396 e. The Morgan fingerprint density at radius 3 is 2.47 bits per heavy atom. The van der Waals surface area contributed by atoms with Gasteiger partial charge in [0.2, 0.25) is 0 Å². The van der Waals surface area contributed by atoms with E-state index in [9.17, 15) is 0 Å². The summed E-state index contributed by atoms with van der Waals surface area (Å²) in [6.45, 7) is 1.99. The lowest BCUT2D eigenvalue weighted by Crippen LogP contribution is -1.93. The number of hydrogen-bond acceptors (Lipinski definition) is 2. The molecule has 2 aromatic heterocycles. The van der Waals surface area contributed by atoms with Crippen LogP contribution in [-0.2, 0) is 0 Å². The quantitative estimate of drug-likeness (QED) is 0.730. The second kappa shape index (κ2) is 4.44. The molecular formula is C14H11Cl2N3. The number of rotatable bonds is 1. The highest BCUT2D eigenvalue weighted by atomic mass is 35.5. The van der Waals surface area contributed by atoms with Crippen LogP contribution in [0.1, 0.15) is 5.69 Å². The van der Waals surface area contributed by atoms with Crippen molar-refractivity contribution in [3.63, 3.8) is 0 Å². The van der Waals surface area contributed by atoms with Crippen LogP contribution in [0.2, 0.25) is 10.0 Å². The second-order valence-corrected chi connectivity index (χ2v) is 5.23. The summed E-state index contributed by atoms with van der Waals surface area (Å²) in [5.74, 6) is 0. The number of aryl methyl sites for hydroxylation is 1. The third-order valence-electron chi connectivity index (χ3n) is 3.07. The molecule has 0 aliphatic carbocycles. The van der Waals surface area contributed by atoms with E-state index >= 15 is 0 Å². The van der Waals surface area contributed by atoms with Gasteiger partial charge in [-0.3, -0.25) is 0 Å². The molecule has 0 amide bonds. The van der Waals surface area contributed by atoms with Gasteiger partial charge in [-0.05, 0) is 25.1 Å². The Kier molecular flexibility index (Phi) is 2.88. The molecule has 19 heavy (non-hydrogen) atoms. The number of halogens is 2. The maximum absolute atomic E-state index is 6.03. The Labute approximate surface area is 120 Å². The SMILES string of the molecule is Cc1c(-c2ccc(Cl)cc2)nc2c(N)cc(Cl)cn12. The minimum absolute atomic E-state index is 0.566. The molecule has 3 aromatic rings. The zero-order chi connectivity index (χ0) is 13.6. The fourth-order valence-electron chi connectivity index (χ4n) is 2.13. The van der Waals surface area contributed by atoms with Crippen LogP contribution in [0.4, 0.5) is 5.69 Å². The first-order chi connectivity index (χ1) is 9.06. The molecule has 5 heteroatoms. The summed E-state index contributed by atoms with van der Waals surface area (Å²) in [6, 6.07) is 9.27. The minimum Gasteiger partial charge on any atom is -0.396 e. The van der Waals surface area contributed by atoms with Gasteiger partial charge in [0.25, 0.3) is 0 Å². The zero-order valence-electron chi connectivity index (χ0n) is 10.2. The third-order valence-corrected chi connectivity index (χ3v) is 3.53. The number of anilines is 1. The summed E-state index contributed by atoms with van der Waals surface area (Å²) in [5, 5.41) is 1.29. The first-order valence-corrected chi connectivity index (χ1v) is 6.51. The lowest BCUT2D eigenvalue weighted by Gasteiger charge is -2.01. The van der Waals surface area contributed by atoms with E-state index in [4.69, 9.17) is 28.9 Å². The van der Waals surface area contributed by atoms with E-state index in [-0.39, 0.29) is 0 Å². The van der Waals surface area contributed by atoms with Crippen molar-refractivity contribution >= 4 is 34.5 Å². The molecule has 0 radical (unpaired) electrons. The highest BCUT2D eigenvalue weighted by Gasteiger charge is 2.12. The molecule has 2 N–H and O–H groups in total. The van der Waals surface area contributed by atoms with Crippen LogP contribution >= 0.6 is 23.2 Å². The van der Waals surface area contributed by atoms with Crippen molar-refractivity contribution < 1.29 is 0 Å². The predicted octanol–water partition coefficient (Wildman–Crippen LogP) is 4.20. The first-order valence-electron chi connectivity index (χ1n) is 5.76. The van der Waals surface area contributed by atoms with Crippen LogP contribution < -0.4 is 5.73 Å². The number of nitrogens with two attached hydrogens (primary N) is 1. The highest BCUT2D eigenvalue weighted by Crippen LogP contribution is 2.28. The van der Waals surface area contributed by atoms with Crippen LogP contribution in [0, 0.1) is 6.92 Å². The fourth-order valence-corrected chi connectivity index (χ4v) is 2.47. The zero-order valence-corrected chi connectivity index (χ0v) is 11.7. The van der Waals surface area contributed by atoms with Gasteiger partial charge in [0.15, 0.2) is 5.65 Å². The maximum atomic E-state index is 6.03. The number of imidazole rings is 1. The number of nitrogen functional groups attached to an aromatic ring is 1. The van der Waals surface area contributed by atoms with E-state index in [1.807, 2.05) is 41.8 Å². The summed E-state index contributed by atoms with van der Waals surface area (Å²) < 4.78 is 1.90. The van der Waals surface area contributed by atoms with E-state index in [2.05, 4.69) is 4.98 Å². The van der Waals surface area contributed by atoms with Crippen molar-refractivity contribution in [1.29, 1.82) is 0 Å². The van der Waals surface area contributed by atoms with E-state index in [0.29, 0.717) is 21.4 Å². The normalized spacial score (nSPS) is 11.1. The van der Waals surface area contributed by atoms with Gasteiger partial charge in [0.05, 0.1) is 16.4 Å². The number of nitrogens with zero attached hydrogens (tertiary/aromatic N) is 2. The second-order valence-electron chi connectivity index (χ2n) is 4.36. The molecule has 0 aliphatic rings. The van der Waals surface area contributed by atoms with Crippen molar-refractivity contribution in [3.05, 3.63) is 52.3 Å². The van der Waals surface area contributed by atoms with Crippen molar-refractivity contribution in [2.24, 2.45) is 0 Å². The fraction of sp³-hybridized carbons (Fsp3) is 0.0714. The molecule has 0 saturated carbocycles. The van der Waals surface area contributed by atoms with Crippen LogP contribution in [0.3, 0.4) is 0 Å². The number of aromatic nitrogens is 2. The Hall–Kier alpha value is -1.71. The highest BCUT2D eigenvalue weighted by molar-refractivity contribution is 6.31. The molecule has 3 rings (SSSR count). The summed E-state index contributed by atoms with van der Waals surface area (Å²) in [4.78, 5) is 4.59. The van der Waals surface area contributed by atoms with E-state index in [1.165, 1.54) is 0 Å². The van der Waals surface area contributed by atoms with Crippen LogP contribution in [0.5, 0.6) is 0 Å². The van der Waals surface area contributed by atoms with Crippen LogP contribution in [-0.4, -0.2) is 9.38 Å². The topological polar surface area (TPSA) is 43.3 Å². The summed E-state index contributed by atoms with van der Waals surface area (Å²) in [6.07, 6.45) is 1.81. The van der Waals surface area contributed by atoms with Crippen molar-refractivity contribution in [3.8, 4) is 11.3 Å². The molecule has 3 nitrogen and oxygen atoms in total. The number of pyridine rings is 1. The van der Waals surface area contributed by atoms with Gasteiger partial charge < -0.3 is 10.1 Å².